The molecule has 3 heterocycles. The van der Waals surface area contributed by atoms with Gasteiger partial charge in [0, 0.05) is 26.5 Å². The second-order valence-electron chi connectivity index (χ2n) is 5.64. The summed E-state index contributed by atoms with van der Waals surface area (Å²) < 4.78 is 5.03. The van der Waals surface area contributed by atoms with Crippen molar-refractivity contribution in [3.63, 3.8) is 0 Å². The molecule has 3 aromatic heterocycles. The summed E-state index contributed by atoms with van der Waals surface area (Å²) in [5, 5.41) is 8.84. The van der Waals surface area contributed by atoms with E-state index in [9.17, 15) is 0 Å². The molecule has 7 heteroatoms. The summed E-state index contributed by atoms with van der Waals surface area (Å²) in [4.78, 5) is 9.14. The van der Waals surface area contributed by atoms with Gasteiger partial charge in [-0.1, -0.05) is 25.2 Å². The van der Waals surface area contributed by atoms with Crippen molar-refractivity contribution in [3.8, 4) is 0 Å². The van der Waals surface area contributed by atoms with Gasteiger partial charge >= 0.3 is 0 Å². The van der Waals surface area contributed by atoms with Crippen LogP contribution in [0.5, 0.6) is 0 Å². The predicted molar refractivity (Wildman–Crippen MR) is 85.5 cm³/mol. The number of thiazole rings is 1. The summed E-state index contributed by atoms with van der Waals surface area (Å²) in [6.45, 7) is 6.39. The Morgan fingerprint density at radius 1 is 1.29 bits per heavy atom. The van der Waals surface area contributed by atoms with Crippen molar-refractivity contribution >= 4 is 26.8 Å². The Balaban J connectivity index is 1.95. The molecule has 1 atom stereocenters. The Kier molecular flexibility index (Phi) is 3.44. The molecule has 0 spiro atoms. The summed E-state index contributed by atoms with van der Waals surface area (Å²) in [5.41, 5.74) is 1.96. The van der Waals surface area contributed by atoms with Gasteiger partial charge in [-0.05, 0) is 12.8 Å². The molecule has 1 N–H and O–H groups in total. The largest absolute Gasteiger partial charge is 0.351 e. The number of imidazole rings is 1. The minimum atomic E-state index is 0.138. The fourth-order valence-corrected chi connectivity index (χ4v) is 3.45. The molecule has 21 heavy (non-hydrogen) atoms. The lowest BCUT2D eigenvalue weighted by Gasteiger charge is -2.21. The van der Waals surface area contributed by atoms with Crippen LogP contribution in [0.3, 0.4) is 0 Å². The fraction of sp³-hybridized carbons (Fsp3) is 0.500. The van der Waals surface area contributed by atoms with E-state index in [0.717, 1.165) is 27.0 Å². The molecule has 0 amide bonds. The number of nitrogens with zero attached hydrogens (tertiary/aromatic N) is 5. The zero-order valence-corrected chi connectivity index (χ0v) is 13.8. The number of hydrogen-bond acceptors (Lipinski definition) is 5. The van der Waals surface area contributed by atoms with Gasteiger partial charge in [-0.15, -0.1) is 0 Å². The van der Waals surface area contributed by atoms with Crippen molar-refractivity contribution in [2.45, 2.75) is 26.8 Å². The van der Waals surface area contributed by atoms with E-state index in [1.165, 1.54) is 0 Å². The first-order valence-corrected chi connectivity index (χ1v) is 7.83. The first-order valence-electron chi connectivity index (χ1n) is 7.01. The van der Waals surface area contributed by atoms with Crippen LogP contribution in [0.15, 0.2) is 12.4 Å². The van der Waals surface area contributed by atoms with E-state index in [2.05, 4.69) is 38.8 Å². The number of rotatable bonds is 4. The molecular formula is C14H20N6S. The highest BCUT2D eigenvalue weighted by Gasteiger charge is 2.22. The highest BCUT2D eigenvalue weighted by molar-refractivity contribution is 7.22. The normalized spacial score (nSPS) is 13.2. The number of anilines is 1. The van der Waals surface area contributed by atoms with Crippen molar-refractivity contribution in [1.29, 1.82) is 0 Å². The van der Waals surface area contributed by atoms with E-state index in [1.54, 1.807) is 11.3 Å². The second kappa shape index (κ2) is 5.14. The van der Waals surface area contributed by atoms with E-state index >= 15 is 0 Å². The Bertz CT molecular complexity index is 731. The van der Waals surface area contributed by atoms with Crippen molar-refractivity contribution in [1.82, 2.24) is 24.3 Å². The maximum atomic E-state index is 4.67. The minimum Gasteiger partial charge on any atom is -0.351 e. The Morgan fingerprint density at radius 2 is 2.05 bits per heavy atom. The molecule has 0 bridgehead atoms. The first-order chi connectivity index (χ1) is 9.97. The zero-order chi connectivity index (χ0) is 15.1. The van der Waals surface area contributed by atoms with Gasteiger partial charge in [-0.3, -0.25) is 0 Å². The molecule has 0 unspecified atom stereocenters. The van der Waals surface area contributed by atoms with Gasteiger partial charge in [0.15, 0.2) is 10.8 Å². The van der Waals surface area contributed by atoms with Crippen LogP contribution in [0, 0.1) is 12.8 Å². The molecule has 0 aliphatic heterocycles. The first kappa shape index (κ1) is 14.1. The molecule has 112 valence electrons. The smallest absolute Gasteiger partial charge is 0.186 e. The Morgan fingerprint density at radius 3 is 2.62 bits per heavy atom. The molecule has 0 radical (unpaired) electrons. The van der Waals surface area contributed by atoms with Crippen molar-refractivity contribution in [2.75, 3.05) is 5.32 Å². The molecule has 0 aliphatic rings. The van der Waals surface area contributed by atoms with E-state index in [1.807, 2.05) is 38.1 Å². The third-order valence-electron chi connectivity index (χ3n) is 3.63. The minimum absolute atomic E-state index is 0.138. The fourth-order valence-electron chi connectivity index (χ4n) is 2.49. The average Bonchev–Trinajstić information content (AvgIpc) is 3.06. The third-order valence-corrected chi connectivity index (χ3v) is 4.71. The molecule has 3 aromatic rings. The summed E-state index contributed by atoms with van der Waals surface area (Å²) in [7, 11) is 3.95. The Labute approximate surface area is 127 Å². The Hall–Kier alpha value is -1.89. The quantitative estimate of drug-likeness (QED) is 0.805. The predicted octanol–water partition coefficient (Wildman–Crippen LogP) is 2.88. The molecule has 0 saturated heterocycles. The number of aromatic nitrogens is 5. The standard InChI is InChI=1S/C14H20N6S/c1-8(2)10(12-15-6-7-19(12)4)16-14-17-13-11(21-14)9(3)18-20(13)5/h6-8,10H,1-5H3,(H,16,17)/t10-/m0/s1. The number of nitrogens with one attached hydrogen (secondary N) is 1. The number of fused-ring (bicyclic) bond motifs is 1. The van der Waals surface area contributed by atoms with Gasteiger partial charge in [0.05, 0.1) is 16.4 Å². The number of aryl methyl sites for hydroxylation is 3. The molecule has 3 rings (SSSR count). The lowest BCUT2D eigenvalue weighted by atomic mass is 10.0. The van der Waals surface area contributed by atoms with Crippen LogP contribution in [0.1, 0.15) is 31.4 Å². The van der Waals surface area contributed by atoms with Gasteiger partial charge in [-0.25, -0.2) is 14.6 Å². The summed E-state index contributed by atoms with van der Waals surface area (Å²) in [6, 6.07) is 0.138. The zero-order valence-electron chi connectivity index (χ0n) is 13.0. The average molecular weight is 304 g/mol. The van der Waals surface area contributed by atoms with Crippen LogP contribution in [0.25, 0.3) is 10.3 Å². The van der Waals surface area contributed by atoms with Crippen LogP contribution in [0.2, 0.25) is 0 Å². The summed E-state index contributed by atoms with van der Waals surface area (Å²) in [6.07, 6.45) is 3.80. The molecule has 6 nitrogen and oxygen atoms in total. The monoisotopic (exact) mass is 304 g/mol. The summed E-state index contributed by atoms with van der Waals surface area (Å²) >= 11 is 1.65. The van der Waals surface area contributed by atoms with Crippen molar-refractivity contribution in [3.05, 3.63) is 23.9 Å². The molecular weight excluding hydrogens is 284 g/mol. The van der Waals surface area contributed by atoms with Crippen LogP contribution < -0.4 is 5.32 Å². The highest BCUT2D eigenvalue weighted by Crippen LogP contribution is 2.32. The van der Waals surface area contributed by atoms with Crippen LogP contribution in [-0.4, -0.2) is 24.3 Å². The van der Waals surface area contributed by atoms with Gasteiger partial charge in [0.25, 0.3) is 0 Å². The van der Waals surface area contributed by atoms with E-state index in [4.69, 9.17) is 0 Å². The van der Waals surface area contributed by atoms with Crippen molar-refractivity contribution in [2.24, 2.45) is 20.0 Å². The van der Waals surface area contributed by atoms with E-state index in [0.29, 0.717) is 5.92 Å². The van der Waals surface area contributed by atoms with Crippen LogP contribution in [0.4, 0.5) is 5.13 Å². The number of hydrogen-bond donors (Lipinski definition) is 1. The molecule has 0 aliphatic carbocycles. The van der Waals surface area contributed by atoms with E-state index < -0.39 is 0 Å². The van der Waals surface area contributed by atoms with Gasteiger partial charge < -0.3 is 9.88 Å². The second-order valence-corrected chi connectivity index (χ2v) is 6.64. The van der Waals surface area contributed by atoms with Gasteiger partial charge in [-0.2, -0.15) is 5.10 Å². The van der Waals surface area contributed by atoms with Crippen molar-refractivity contribution < 1.29 is 0 Å². The highest BCUT2D eigenvalue weighted by atomic mass is 32.1. The van der Waals surface area contributed by atoms with Gasteiger partial charge in [0.2, 0.25) is 0 Å². The summed E-state index contributed by atoms with van der Waals surface area (Å²) in [5.74, 6) is 1.44. The topological polar surface area (TPSA) is 60.6 Å². The lowest BCUT2D eigenvalue weighted by molar-refractivity contribution is 0.508. The van der Waals surface area contributed by atoms with Gasteiger partial charge in [0.1, 0.15) is 5.82 Å². The maximum Gasteiger partial charge on any atom is 0.186 e. The molecule has 0 aromatic carbocycles. The third kappa shape index (κ3) is 2.42. The van der Waals surface area contributed by atoms with Crippen LogP contribution >= 0.6 is 11.3 Å². The lowest BCUT2D eigenvalue weighted by Crippen LogP contribution is -2.20. The van der Waals surface area contributed by atoms with E-state index in [-0.39, 0.29) is 6.04 Å². The SMILES string of the molecule is Cc1nn(C)c2nc(N[C@H](c3nccn3C)C(C)C)sc12. The molecule has 0 fully saturated rings. The molecule has 0 saturated carbocycles. The maximum absolute atomic E-state index is 4.67. The van der Waals surface area contributed by atoms with Crippen LogP contribution in [-0.2, 0) is 14.1 Å².